The molecule has 3 nitrogen and oxygen atoms in total. The number of carbonyl (C=O) groups excluding carboxylic acids is 1. The zero-order valence-corrected chi connectivity index (χ0v) is 15.8. The molecule has 1 N–H and O–H groups in total. The molecule has 4 rings (SSSR count). The Morgan fingerprint density at radius 1 is 0.958 bits per heavy atom. The number of nitrogens with one attached hydrogen (secondary N) is 1. The minimum absolute atomic E-state index is 0. The highest BCUT2D eigenvalue weighted by atomic mass is 79.9. The Kier molecular flexibility index (Phi) is 5.28. The molecule has 2 aliphatic rings. The van der Waals surface area contributed by atoms with Crippen molar-refractivity contribution in [2.24, 2.45) is 0 Å². The molecule has 5 heteroatoms. The van der Waals surface area contributed by atoms with Crippen LogP contribution in [-0.4, -0.2) is 25.5 Å². The van der Waals surface area contributed by atoms with Gasteiger partial charge in [0.05, 0.1) is 0 Å². The van der Waals surface area contributed by atoms with E-state index in [1.165, 1.54) is 16.7 Å². The van der Waals surface area contributed by atoms with Crippen molar-refractivity contribution < 1.29 is 4.79 Å². The lowest BCUT2D eigenvalue weighted by Crippen LogP contribution is -2.29. The van der Waals surface area contributed by atoms with E-state index in [1.54, 1.807) is 0 Å². The van der Waals surface area contributed by atoms with Crippen molar-refractivity contribution in [3.8, 4) is 0 Å². The molecule has 0 unspecified atom stereocenters. The summed E-state index contributed by atoms with van der Waals surface area (Å²) in [5, 5.41) is 3.42. The van der Waals surface area contributed by atoms with E-state index in [1.807, 2.05) is 23.1 Å². The highest BCUT2D eigenvalue weighted by molar-refractivity contribution is 9.10. The van der Waals surface area contributed by atoms with E-state index in [-0.39, 0.29) is 18.3 Å². The van der Waals surface area contributed by atoms with E-state index in [9.17, 15) is 4.79 Å². The predicted molar refractivity (Wildman–Crippen MR) is 103 cm³/mol. The van der Waals surface area contributed by atoms with Crippen LogP contribution in [0.2, 0.25) is 0 Å². The summed E-state index contributed by atoms with van der Waals surface area (Å²) in [6.07, 6.45) is 2.97. The van der Waals surface area contributed by atoms with E-state index in [0.717, 1.165) is 54.6 Å². The molecule has 0 aliphatic carbocycles. The van der Waals surface area contributed by atoms with Crippen molar-refractivity contribution >= 4 is 39.9 Å². The molecule has 0 saturated heterocycles. The van der Waals surface area contributed by atoms with Crippen molar-refractivity contribution in [2.45, 2.75) is 19.3 Å². The Labute approximate surface area is 157 Å². The summed E-state index contributed by atoms with van der Waals surface area (Å²) in [4.78, 5) is 14.9. The fourth-order valence-electron chi connectivity index (χ4n) is 3.54. The molecule has 0 atom stereocenters. The second-order valence-electron chi connectivity index (χ2n) is 6.21. The summed E-state index contributed by atoms with van der Waals surface area (Å²) in [6.45, 7) is 2.78. The Morgan fingerprint density at radius 3 is 2.58 bits per heavy atom. The van der Waals surface area contributed by atoms with Gasteiger partial charge < -0.3 is 10.2 Å². The first-order valence-electron chi connectivity index (χ1n) is 8.15. The Bertz CT molecular complexity index is 778. The van der Waals surface area contributed by atoms with Crippen molar-refractivity contribution in [1.82, 2.24) is 5.32 Å². The van der Waals surface area contributed by atoms with Gasteiger partial charge in [-0.2, -0.15) is 0 Å². The smallest absolute Gasteiger partial charge is 0.258 e. The third-order valence-electron chi connectivity index (χ3n) is 4.78. The number of amides is 1. The van der Waals surface area contributed by atoms with Gasteiger partial charge in [-0.15, -0.1) is 12.4 Å². The van der Waals surface area contributed by atoms with Gasteiger partial charge in [-0.05, 0) is 79.4 Å². The van der Waals surface area contributed by atoms with Crippen LogP contribution in [0.4, 0.5) is 5.69 Å². The summed E-state index contributed by atoms with van der Waals surface area (Å²) in [6, 6.07) is 12.4. The van der Waals surface area contributed by atoms with Crippen LogP contribution in [0, 0.1) is 0 Å². The summed E-state index contributed by atoms with van der Waals surface area (Å²) in [5.41, 5.74) is 5.79. The molecule has 0 saturated carbocycles. The molecule has 2 aromatic carbocycles. The first-order chi connectivity index (χ1) is 11.2. The summed E-state index contributed by atoms with van der Waals surface area (Å²) in [5.74, 6) is 0.117. The SMILES string of the molecule is Cl.O=C(c1ccc2c(c1)CCNCC2)N1CCc2cc(Br)ccc21. The molecule has 1 amide bonds. The van der Waals surface area contributed by atoms with Gasteiger partial charge in [-0.3, -0.25) is 4.79 Å². The monoisotopic (exact) mass is 406 g/mol. The molecule has 2 aliphatic heterocycles. The molecule has 24 heavy (non-hydrogen) atoms. The molecule has 0 bridgehead atoms. The van der Waals surface area contributed by atoms with Crippen LogP contribution in [0.25, 0.3) is 0 Å². The number of rotatable bonds is 1. The van der Waals surface area contributed by atoms with Crippen molar-refractivity contribution in [3.63, 3.8) is 0 Å². The highest BCUT2D eigenvalue weighted by Gasteiger charge is 2.26. The minimum atomic E-state index is 0. The van der Waals surface area contributed by atoms with Crippen LogP contribution in [0.3, 0.4) is 0 Å². The van der Waals surface area contributed by atoms with Crippen LogP contribution >= 0.6 is 28.3 Å². The largest absolute Gasteiger partial charge is 0.316 e. The van der Waals surface area contributed by atoms with Gasteiger partial charge in [-0.1, -0.05) is 22.0 Å². The van der Waals surface area contributed by atoms with Gasteiger partial charge in [0, 0.05) is 22.3 Å². The van der Waals surface area contributed by atoms with Crippen LogP contribution < -0.4 is 10.2 Å². The van der Waals surface area contributed by atoms with Gasteiger partial charge in [-0.25, -0.2) is 0 Å². The van der Waals surface area contributed by atoms with E-state index < -0.39 is 0 Å². The number of carbonyl (C=O) groups is 1. The zero-order valence-electron chi connectivity index (χ0n) is 13.3. The number of fused-ring (bicyclic) bond motifs is 2. The normalized spacial score (nSPS) is 16.0. The van der Waals surface area contributed by atoms with Gasteiger partial charge in [0.15, 0.2) is 0 Å². The number of nitrogens with zero attached hydrogens (tertiary/aromatic N) is 1. The molecule has 0 fully saturated rings. The average molecular weight is 408 g/mol. The number of hydrogen-bond donors (Lipinski definition) is 1. The quantitative estimate of drug-likeness (QED) is 0.780. The van der Waals surface area contributed by atoms with Gasteiger partial charge in [0.25, 0.3) is 5.91 Å². The van der Waals surface area contributed by atoms with Crippen molar-refractivity contribution in [2.75, 3.05) is 24.5 Å². The molecule has 2 aromatic rings. The number of halogens is 2. The van der Waals surface area contributed by atoms with E-state index in [0.29, 0.717) is 0 Å². The predicted octanol–water partition coefficient (Wildman–Crippen LogP) is 3.76. The van der Waals surface area contributed by atoms with E-state index >= 15 is 0 Å². The van der Waals surface area contributed by atoms with Crippen LogP contribution in [0.1, 0.15) is 27.0 Å². The maximum atomic E-state index is 13.0. The number of hydrogen-bond acceptors (Lipinski definition) is 2. The summed E-state index contributed by atoms with van der Waals surface area (Å²) < 4.78 is 1.07. The topological polar surface area (TPSA) is 32.3 Å². The van der Waals surface area contributed by atoms with Gasteiger partial charge >= 0.3 is 0 Å². The molecular weight excluding hydrogens is 388 g/mol. The third kappa shape index (κ3) is 3.23. The fourth-order valence-corrected chi connectivity index (χ4v) is 3.95. The Hall–Kier alpha value is -1.36. The summed E-state index contributed by atoms with van der Waals surface area (Å²) in [7, 11) is 0. The molecule has 126 valence electrons. The van der Waals surface area contributed by atoms with Crippen LogP contribution in [0.15, 0.2) is 40.9 Å². The molecule has 0 spiro atoms. The van der Waals surface area contributed by atoms with Crippen LogP contribution in [0.5, 0.6) is 0 Å². The van der Waals surface area contributed by atoms with Crippen LogP contribution in [-0.2, 0) is 19.3 Å². The number of benzene rings is 2. The third-order valence-corrected chi connectivity index (χ3v) is 5.27. The first kappa shape index (κ1) is 17.5. The van der Waals surface area contributed by atoms with E-state index in [2.05, 4.69) is 39.4 Å². The first-order valence-corrected chi connectivity index (χ1v) is 8.94. The molecule has 0 aromatic heterocycles. The zero-order chi connectivity index (χ0) is 15.8. The number of anilines is 1. The fraction of sp³-hybridized carbons (Fsp3) is 0.316. The second-order valence-corrected chi connectivity index (χ2v) is 7.13. The Morgan fingerprint density at radius 2 is 1.75 bits per heavy atom. The standard InChI is InChI=1S/C19H19BrN2O.ClH/c20-17-3-4-18-15(12-17)7-10-22(18)19(23)16-2-1-13-5-8-21-9-6-14(13)11-16;/h1-4,11-12,21H,5-10H2;1H. The van der Waals surface area contributed by atoms with Gasteiger partial charge in [0.2, 0.25) is 0 Å². The molecule has 0 radical (unpaired) electrons. The average Bonchev–Trinajstić information content (AvgIpc) is 2.82. The lowest BCUT2D eigenvalue weighted by atomic mass is 9.99. The molecule has 2 heterocycles. The maximum absolute atomic E-state index is 13.0. The lowest BCUT2D eigenvalue weighted by molar-refractivity contribution is 0.0989. The summed E-state index contributed by atoms with van der Waals surface area (Å²) >= 11 is 3.51. The molecular formula is C19H20BrClN2O. The minimum Gasteiger partial charge on any atom is -0.316 e. The lowest BCUT2D eigenvalue weighted by Gasteiger charge is -2.18. The second kappa shape index (κ2) is 7.26. The Balaban J connectivity index is 0.00000169. The maximum Gasteiger partial charge on any atom is 0.258 e. The highest BCUT2D eigenvalue weighted by Crippen LogP contribution is 2.32. The van der Waals surface area contributed by atoms with Gasteiger partial charge in [0.1, 0.15) is 0 Å². The van der Waals surface area contributed by atoms with E-state index in [4.69, 9.17) is 0 Å². The van der Waals surface area contributed by atoms with Crippen molar-refractivity contribution in [3.05, 3.63) is 63.1 Å². The van der Waals surface area contributed by atoms with Crippen molar-refractivity contribution in [1.29, 1.82) is 0 Å².